The van der Waals surface area contributed by atoms with Gasteiger partial charge in [-0.25, -0.2) is 0 Å². The van der Waals surface area contributed by atoms with Gasteiger partial charge >= 0.3 is 0 Å². The van der Waals surface area contributed by atoms with Crippen LogP contribution in [0, 0.1) is 6.29 Å². The smallest absolute Gasteiger partial charge is 0.0714 e. The van der Waals surface area contributed by atoms with Crippen LogP contribution in [0.3, 0.4) is 0 Å². The minimum Gasteiger partial charge on any atom is -0.824 e. The standard InChI is InChI=1S/C8H6O2/c9-8-7-4-2-1-3-6(7)5-10-8/h1-4H,5H2/q-1. The number of benzene rings is 1. The maximum absolute atomic E-state index is 10.8. The van der Waals surface area contributed by atoms with E-state index < -0.39 is 0 Å². The molecule has 51 valence electrons. The van der Waals surface area contributed by atoms with Crippen molar-refractivity contribution in [1.82, 2.24) is 0 Å². The lowest BCUT2D eigenvalue weighted by molar-refractivity contribution is -0.400. The van der Waals surface area contributed by atoms with Gasteiger partial charge in [0.1, 0.15) is 0 Å². The highest BCUT2D eigenvalue weighted by Gasteiger charge is 2.12. The van der Waals surface area contributed by atoms with Crippen LogP contribution in [0.2, 0.25) is 0 Å². The molecule has 1 aromatic rings. The van der Waals surface area contributed by atoms with Crippen LogP contribution in [0.15, 0.2) is 24.3 Å². The minimum atomic E-state index is -0.199. The first-order valence-electron chi connectivity index (χ1n) is 3.13. The van der Waals surface area contributed by atoms with Crippen LogP contribution in [-0.4, -0.2) is 0 Å². The highest BCUT2D eigenvalue weighted by atomic mass is 16.6. The van der Waals surface area contributed by atoms with E-state index in [-0.39, 0.29) is 6.29 Å². The molecule has 0 saturated carbocycles. The summed E-state index contributed by atoms with van der Waals surface area (Å²) in [4.78, 5) is 0. The fourth-order valence-corrected chi connectivity index (χ4v) is 1.07. The first-order chi connectivity index (χ1) is 4.88. The van der Waals surface area contributed by atoms with E-state index in [1.807, 2.05) is 18.2 Å². The first-order valence-corrected chi connectivity index (χ1v) is 3.13. The van der Waals surface area contributed by atoms with Crippen LogP contribution >= 0.6 is 0 Å². The molecule has 1 aromatic carbocycles. The molecular weight excluding hydrogens is 128 g/mol. The average molecular weight is 134 g/mol. The van der Waals surface area contributed by atoms with Crippen molar-refractivity contribution < 1.29 is 9.84 Å². The Kier molecular flexibility index (Phi) is 1.22. The van der Waals surface area contributed by atoms with Crippen molar-refractivity contribution in [3.05, 3.63) is 41.7 Å². The maximum atomic E-state index is 10.8. The normalized spacial score (nSPS) is 17.3. The van der Waals surface area contributed by atoms with Gasteiger partial charge in [-0.3, -0.25) is 0 Å². The van der Waals surface area contributed by atoms with Crippen LogP contribution in [0.1, 0.15) is 11.1 Å². The molecule has 10 heavy (non-hydrogen) atoms. The average Bonchev–Trinajstić information content (AvgIpc) is 2.34. The Morgan fingerprint density at radius 2 is 2.10 bits per heavy atom. The second-order valence-corrected chi connectivity index (χ2v) is 2.23. The third-order valence-electron chi connectivity index (χ3n) is 1.60. The minimum absolute atomic E-state index is 0.199. The molecule has 2 rings (SSSR count). The van der Waals surface area contributed by atoms with Crippen molar-refractivity contribution in [2.45, 2.75) is 6.61 Å². The van der Waals surface area contributed by atoms with E-state index in [1.165, 1.54) is 0 Å². The highest BCUT2D eigenvalue weighted by molar-refractivity contribution is 5.35. The maximum Gasteiger partial charge on any atom is 0.0714 e. The molecule has 0 atom stereocenters. The summed E-state index contributed by atoms with van der Waals surface area (Å²) in [6, 6.07) is 7.43. The molecule has 0 aromatic heterocycles. The topological polar surface area (TPSA) is 32.3 Å². The summed E-state index contributed by atoms with van der Waals surface area (Å²) in [5, 5.41) is 10.8. The Balaban J connectivity index is 2.51. The third kappa shape index (κ3) is 0.735. The van der Waals surface area contributed by atoms with Crippen molar-refractivity contribution in [2.24, 2.45) is 0 Å². The SMILES string of the molecule is [O-][C]1OCc2ccccc21. The molecule has 2 nitrogen and oxygen atoms in total. The Labute approximate surface area is 59.1 Å². The van der Waals surface area contributed by atoms with E-state index >= 15 is 0 Å². The molecule has 1 aliphatic rings. The molecule has 0 unspecified atom stereocenters. The summed E-state index contributed by atoms with van der Waals surface area (Å²) in [5.74, 6) is 0. The monoisotopic (exact) mass is 134 g/mol. The van der Waals surface area contributed by atoms with Crippen LogP contribution in [0.25, 0.3) is 0 Å². The van der Waals surface area contributed by atoms with E-state index in [0.717, 1.165) is 5.56 Å². The molecular formula is C8H6O2-. The number of rotatable bonds is 0. The van der Waals surface area contributed by atoms with Gasteiger partial charge in [-0.1, -0.05) is 24.3 Å². The zero-order chi connectivity index (χ0) is 6.97. The van der Waals surface area contributed by atoms with Crippen molar-refractivity contribution in [3.8, 4) is 0 Å². The van der Waals surface area contributed by atoms with Crippen LogP contribution in [-0.2, 0) is 11.3 Å². The van der Waals surface area contributed by atoms with Gasteiger partial charge in [-0.15, -0.1) is 0 Å². The summed E-state index contributed by atoms with van der Waals surface area (Å²) in [7, 11) is 0. The first kappa shape index (κ1) is 5.89. The van der Waals surface area contributed by atoms with E-state index in [0.29, 0.717) is 12.2 Å². The Morgan fingerprint density at radius 3 is 2.90 bits per heavy atom. The number of fused-ring (bicyclic) bond motifs is 1. The zero-order valence-electron chi connectivity index (χ0n) is 5.33. The number of ether oxygens (including phenoxy) is 1. The van der Waals surface area contributed by atoms with Crippen molar-refractivity contribution >= 4 is 0 Å². The predicted molar refractivity (Wildman–Crippen MR) is 33.6 cm³/mol. The largest absolute Gasteiger partial charge is 0.824 e. The summed E-state index contributed by atoms with van der Waals surface area (Å²) >= 11 is 0. The van der Waals surface area contributed by atoms with Crippen LogP contribution in [0.4, 0.5) is 0 Å². The summed E-state index contributed by atoms with van der Waals surface area (Å²) in [6.07, 6.45) is -0.199. The van der Waals surface area contributed by atoms with Crippen molar-refractivity contribution in [3.63, 3.8) is 0 Å². The Hall–Kier alpha value is -0.860. The molecule has 0 saturated heterocycles. The summed E-state index contributed by atoms with van der Waals surface area (Å²) in [5.41, 5.74) is 1.70. The number of hydrogen-bond acceptors (Lipinski definition) is 2. The fourth-order valence-electron chi connectivity index (χ4n) is 1.07. The molecule has 0 N–H and O–H groups in total. The molecule has 1 aliphatic heterocycles. The third-order valence-corrected chi connectivity index (χ3v) is 1.60. The molecule has 2 heteroatoms. The van der Waals surface area contributed by atoms with Gasteiger partial charge in [-0.05, 0) is 11.1 Å². The molecule has 1 heterocycles. The molecule has 0 amide bonds. The second kappa shape index (κ2) is 2.08. The van der Waals surface area contributed by atoms with E-state index in [2.05, 4.69) is 0 Å². The quantitative estimate of drug-likeness (QED) is 0.515. The Bertz CT molecular complexity index is 245. The van der Waals surface area contributed by atoms with Gasteiger partial charge in [0.2, 0.25) is 0 Å². The van der Waals surface area contributed by atoms with E-state index in [4.69, 9.17) is 4.74 Å². The lowest BCUT2D eigenvalue weighted by atomic mass is 10.1. The lowest BCUT2D eigenvalue weighted by Gasteiger charge is -2.12. The van der Waals surface area contributed by atoms with Gasteiger partial charge in [0.15, 0.2) is 0 Å². The molecule has 0 aliphatic carbocycles. The molecule has 0 fully saturated rings. The molecule has 1 radical (unpaired) electrons. The number of hydrogen-bond donors (Lipinski definition) is 0. The second-order valence-electron chi connectivity index (χ2n) is 2.23. The van der Waals surface area contributed by atoms with Gasteiger partial charge in [0, 0.05) is 6.29 Å². The Morgan fingerprint density at radius 1 is 1.30 bits per heavy atom. The van der Waals surface area contributed by atoms with Crippen LogP contribution in [0.5, 0.6) is 0 Å². The van der Waals surface area contributed by atoms with Gasteiger partial charge in [-0.2, -0.15) is 0 Å². The molecule has 0 spiro atoms. The summed E-state index contributed by atoms with van der Waals surface area (Å²) < 4.78 is 4.78. The van der Waals surface area contributed by atoms with Crippen molar-refractivity contribution in [1.29, 1.82) is 0 Å². The predicted octanol–water partition coefficient (Wildman–Crippen LogP) is 0.415. The van der Waals surface area contributed by atoms with Gasteiger partial charge in [0.25, 0.3) is 0 Å². The highest BCUT2D eigenvalue weighted by Crippen LogP contribution is 2.24. The summed E-state index contributed by atoms with van der Waals surface area (Å²) in [6.45, 7) is 0.439. The zero-order valence-corrected chi connectivity index (χ0v) is 5.33. The van der Waals surface area contributed by atoms with E-state index in [1.54, 1.807) is 6.07 Å². The van der Waals surface area contributed by atoms with Crippen molar-refractivity contribution in [2.75, 3.05) is 0 Å². The lowest BCUT2D eigenvalue weighted by Crippen LogP contribution is -2.14. The van der Waals surface area contributed by atoms with Gasteiger partial charge in [0.05, 0.1) is 6.61 Å². The molecule has 0 bridgehead atoms. The fraction of sp³-hybridized carbons (Fsp3) is 0.125. The van der Waals surface area contributed by atoms with Crippen LogP contribution < -0.4 is 5.11 Å². The van der Waals surface area contributed by atoms with Gasteiger partial charge < -0.3 is 9.84 Å². The van der Waals surface area contributed by atoms with E-state index in [9.17, 15) is 5.11 Å².